The minimum absolute atomic E-state index is 0.306. The van der Waals surface area contributed by atoms with E-state index in [0.29, 0.717) is 5.92 Å². The van der Waals surface area contributed by atoms with Crippen LogP contribution < -0.4 is 5.32 Å². The normalized spacial score (nSPS) is 17.8. The fourth-order valence-electron chi connectivity index (χ4n) is 1.11. The van der Waals surface area contributed by atoms with Gasteiger partial charge in [-0.2, -0.15) is 0 Å². The number of alkyl carbamates (subject to hydrolysis) is 1. The summed E-state index contributed by atoms with van der Waals surface area (Å²) in [5.74, 6) is 0.632. The third-order valence-electron chi connectivity index (χ3n) is 1.93. The Kier molecular flexibility index (Phi) is 3.17. The molecule has 0 unspecified atom stereocenters. The van der Waals surface area contributed by atoms with Crippen molar-refractivity contribution < 1.29 is 9.53 Å². The first-order valence-corrected chi connectivity index (χ1v) is 4.76. The molecule has 1 N–H and O–H groups in total. The molecule has 1 fully saturated rings. The lowest BCUT2D eigenvalue weighted by Crippen LogP contribution is -2.36. The van der Waals surface area contributed by atoms with Gasteiger partial charge >= 0.3 is 6.09 Å². The highest BCUT2D eigenvalue weighted by Crippen LogP contribution is 2.23. The molecule has 0 aromatic rings. The SMILES string of the molecule is CC(C)(C)OC(=O)NCC1C[CH]C1. The molecule has 0 bridgehead atoms. The Morgan fingerprint density at radius 1 is 1.54 bits per heavy atom. The van der Waals surface area contributed by atoms with Crippen molar-refractivity contribution in [3.8, 4) is 0 Å². The molecule has 0 atom stereocenters. The Bertz CT molecular complexity index is 180. The summed E-state index contributed by atoms with van der Waals surface area (Å²) < 4.78 is 5.10. The third-order valence-corrected chi connectivity index (χ3v) is 1.93. The molecule has 0 aromatic carbocycles. The van der Waals surface area contributed by atoms with E-state index in [1.54, 1.807) is 0 Å². The van der Waals surface area contributed by atoms with Crippen molar-refractivity contribution >= 4 is 6.09 Å². The summed E-state index contributed by atoms with van der Waals surface area (Å²) in [6.07, 6.45) is 4.16. The first-order valence-electron chi connectivity index (χ1n) is 4.76. The van der Waals surface area contributed by atoms with Crippen LogP contribution in [0.2, 0.25) is 0 Å². The van der Waals surface area contributed by atoms with Crippen molar-refractivity contribution in [1.29, 1.82) is 0 Å². The molecule has 0 aromatic heterocycles. The number of nitrogens with one attached hydrogen (secondary N) is 1. The molecule has 1 aliphatic rings. The minimum Gasteiger partial charge on any atom is -0.444 e. The lowest BCUT2D eigenvalue weighted by Gasteiger charge is -2.26. The number of carbonyl (C=O) groups excluding carboxylic acids is 1. The van der Waals surface area contributed by atoms with Crippen LogP contribution in [-0.4, -0.2) is 18.2 Å². The zero-order chi connectivity index (χ0) is 9.90. The number of hydrogen-bond acceptors (Lipinski definition) is 2. The van der Waals surface area contributed by atoms with E-state index >= 15 is 0 Å². The molecule has 3 nitrogen and oxygen atoms in total. The molecule has 3 heteroatoms. The van der Waals surface area contributed by atoms with E-state index in [1.807, 2.05) is 20.8 Å². The smallest absolute Gasteiger partial charge is 0.407 e. The molecule has 75 valence electrons. The first kappa shape index (κ1) is 10.4. The summed E-state index contributed by atoms with van der Waals surface area (Å²) in [6.45, 7) is 6.34. The molecule has 0 spiro atoms. The quantitative estimate of drug-likeness (QED) is 0.714. The van der Waals surface area contributed by atoms with Gasteiger partial charge in [-0.1, -0.05) is 0 Å². The lowest BCUT2D eigenvalue weighted by atomic mass is 9.85. The Balaban J connectivity index is 2.10. The Hall–Kier alpha value is -0.730. The molecule has 0 aliphatic heterocycles. The molecular weight excluding hydrogens is 166 g/mol. The molecule has 1 radical (unpaired) electrons. The zero-order valence-electron chi connectivity index (χ0n) is 8.59. The summed E-state index contributed by atoms with van der Waals surface area (Å²) in [7, 11) is 0. The molecule has 1 saturated carbocycles. The van der Waals surface area contributed by atoms with Gasteiger partial charge in [0, 0.05) is 6.54 Å². The Labute approximate surface area is 79.8 Å². The highest BCUT2D eigenvalue weighted by Gasteiger charge is 2.20. The van der Waals surface area contributed by atoms with Crippen LogP contribution in [0.3, 0.4) is 0 Å². The average Bonchev–Trinajstić information content (AvgIpc) is 1.78. The number of hydrogen-bond donors (Lipinski definition) is 1. The maximum Gasteiger partial charge on any atom is 0.407 e. The van der Waals surface area contributed by atoms with E-state index in [9.17, 15) is 4.79 Å². The largest absolute Gasteiger partial charge is 0.444 e. The lowest BCUT2D eigenvalue weighted by molar-refractivity contribution is 0.0515. The van der Waals surface area contributed by atoms with E-state index in [4.69, 9.17) is 4.74 Å². The zero-order valence-corrected chi connectivity index (χ0v) is 8.59. The second kappa shape index (κ2) is 3.99. The molecule has 1 aliphatic carbocycles. The van der Waals surface area contributed by atoms with Gasteiger partial charge in [-0.3, -0.25) is 0 Å². The van der Waals surface area contributed by atoms with Gasteiger partial charge in [-0.05, 0) is 46.0 Å². The van der Waals surface area contributed by atoms with Crippen LogP contribution in [0, 0.1) is 12.3 Å². The molecule has 0 heterocycles. The van der Waals surface area contributed by atoms with E-state index in [0.717, 1.165) is 19.4 Å². The van der Waals surface area contributed by atoms with E-state index < -0.39 is 5.60 Å². The van der Waals surface area contributed by atoms with Crippen molar-refractivity contribution in [3.05, 3.63) is 6.42 Å². The van der Waals surface area contributed by atoms with Gasteiger partial charge in [0.15, 0.2) is 0 Å². The topological polar surface area (TPSA) is 38.3 Å². The monoisotopic (exact) mass is 184 g/mol. The van der Waals surface area contributed by atoms with Gasteiger partial charge in [0.1, 0.15) is 5.60 Å². The Morgan fingerprint density at radius 2 is 2.15 bits per heavy atom. The molecule has 13 heavy (non-hydrogen) atoms. The van der Waals surface area contributed by atoms with Crippen molar-refractivity contribution in [1.82, 2.24) is 5.32 Å². The highest BCUT2D eigenvalue weighted by atomic mass is 16.6. The summed E-state index contributed by atoms with van der Waals surface area (Å²) in [6, 6.07) is 0. The van der Waals surface area contributed by atoms with Gasteiger partial charge in [0.05, 0.1) is 0 Å². The van der Waals surface area contributed by atoms with Crippen LogP contribution >= 0.6 is 0 Å². The molecule has 1 rings (SSSR count). The summed E-state index contributed by atoms with van der Waals surface area (Å²) >= 11 is 0. The van der Waals surface area contributed by atoms with Crippen LogP contribution in [0.1, 0.15) is 33.6 Å². The summed E-state index contributed by atoms with van der Waals surface area (Å²) in [4.78, 5) is 11.2. The van der Waals surface area contributed by atoms with Gasteiger partial charge in [-0.15, -0.1) is 0 Å². The maximum atomic E-state index is 11.2. The molecule has 1 amide bonds. The van der Waals surface area contributed by atoms with Gasteiger partial charge < -0.3 is 10.1 Å². The Morgan fingerprint density at radius 3 is 2.54 bits per heavy atom. The molecule has 0 saturated heterocycles. The number of ether oxygens (including phenoxy) is 1. The predicted molar refractivity (Wildman–Crippen MR) is 51.3 cm³/mol. The molecular formula is C10H18NO2. The number of amides is 1. The standard InChI is InChI=1S/C10H18NO2/c1-10(2,3)13-9(12)11-7-8-5-4-6-8/h4,8H,5-7H2,1-3H3,(H,11,12). The van der Waals surface area contributed by atoms with Crippen molar-refractivity contribution in [2.75, 3.05) is 6.54 Å². The predicted octanol–water partition coefficient (Wildman–Crippen LogP) is 2.13. The second-order valence-corrected chi connectivity index (χ2v) is 4.51. The average molecular weight is 184 g/mol. The minimum atomic E-state index is -0.393. The van der Waals surface area contributed by atoms with Crippen LogP contribution in [0.4, 0.5) is 4.79 Å². The van der Waals surface area contributed by atoms with Crippen LogP contribution in [-0.2, 0) is 4.74 Å². The third kappa shape index (κ3) is 4.15. The van der Waals surface area contributed by atoms with Crippen molar-refractivity contribution in [2.24, 2.45) is 5.92 Å². The van der Waals surface area contributed by atoms with E-state index in [-0.39, 0.29) is 6.09 Å². The van der Waals surface area contributed by atoms with Crippen LogP contribution in [0.25, 0.3) is 0 Å². The fraction of sp³-hybridized carbons (Fsp3) is 0.800. The van der Waals surface area contributed by atoms with Gasteiger partial charge in [0.25, 0.3) is 0 Å². The van der Waals surface area contributed by atoms with Crippen LogP contribution in [0.15, 0.2) is 0 Å². The van der Waals surface area contributed by atoms with Gasteiger partial charge in [0.2, 0.25) is 0 Å². The highest BCUT2D eigenvalue weighted by molar-refractivity contribution is 5.67. The second-order valence-electron chi connectivity index (χ2n) is 4.51. The van der Waals surface area contributed by atoms with Gasteiger partial charge in [-0.25, -0.2) is 4.79 Å². The maximum absolute atomic E-state index is 11.2. The van der Waals surface area contributed by atoms with Crippen molar-refractivity contribution in [2.45, 2.75) is 39.2 Å². The summed E-state index contributed by atoms with van der Waals surface area (Å²) in [5.41, 5.74) is -0.393. The number of rotatable bonds is 2. The van der Waals surface area contributed by atoms with Crippen LogP contribution in [0.5, 0.6) is 0 Å². The van der Waals surface area contributed by atoms with Crippen molar-refractivity contribution in [3.63, 3.8) is 0 Å². The fourth-order valence-corrected chi connectivity index (χ4v) is 1.11. The van der Waals surface area contributed by atoms with E-state index in [1.165, 1.54) is 0 Å². The number of carbonyl (C=O) groups is 1. The first-order chi connectivity index (χ1) is 5.97. The summed E-state index contributed by atoms with van der Waals surface area (Å²) in [5, 5.41) is 2.76. The van der Waals surface area contributed by atoms with E-state index in [2.05, 4.69) is 11.7 Å².